The third-order valence-corrected chi connectivity index (χ3v) is 2.64. The second-order valence-electron chi connectivity index (χ2n) is 3.58. The molecule has 0 radical (unpaired) electrons. The van der Waals surface area contributed by atoms with Gasteiger partial charge >= 0.3 is 5.97 Å². The van der Waals surface area contributed by atoms with Crippen LogP contribution in [0.5, 0.6) is 0 Å². The zero-order chi connectivity index (χ0) is 10.7. The lowest BCUT2D eigenvalue weighted by atomic mass is 9.98. The Hall–Kier alpha value is -1.29. The minimum absolute atomic E-state index is 0.277. The number of furan rings is 1. The normalized spacial score (nSPS) is 17.7. The molecule has 1 aliphatic rings. The minimum Gasteiger partial charge on any atom is -0.463 e. The Morgan fingerprint density at radius 1 is 1.40 bits per heavy atom. The quantitative estimate of drug-likeness (QED) is 0.700. The van der Waals surface area contributed by atoms with Gasteiger partial charge in [0.1, 0.15) is 5.76 Å². The molecule has 1 saturated heterocycles. The highest BCUT2D eigenvalue weighted by Crippen LogP contribution is 2.28. The van der Waals surface area contributed by atoms with Crippen molar-refractivity contribution in [3.8, 4) is 0 Å². The van der Waals surface area contributed by atoms with Crippen molar-refractivity contribution < 1.29 is 18.7 Å². The molecule has 2 rings (SSSR count). The van der Waals surface area contributed by atoms with Crippen LogP contribution >= 0.6 is 0 Å². The van der Waals surface area contributed by atoms with Gasteiger partial charge in [-0.25, -0.2) is 4.79 Å². The van der Waals surface area contributed by atoms with E-state index in [2.05, 4.69) is 4.74 Å². The number of ether oxygens (including phenoxy) is 2. The average molecular weight is 210 g/mol. The summed E-state index contributed by atoms with van der Waals surface area (Å²) in [6.45, 7) is 1.53. The maximum Gasteiger partial charge on any atom is 0.373 e. The monoisotopic (exact) mass is 210 g/mol. The van der Waals surface area contributed by atoms with Crippen LogP contribution in [0.2, 0.25) is 0 Å². The molecule has 4 nitrogen and oxygen atoms in total. The van der Waals surface area contributed by atoms with E-state index in [1.165, 1.54) is 7.11 Å². The van der Waals surface area contributed by atoms with Gasteiger partial charge in [0.15, 0.2) is 0 Å². The fourth-order valence-electron chi connectivity index (χ4n) is 1.76. The van der Waals surface area contributed by atoms with E-state index in [9.17, 15) is 4.79 Å². The Morgan fingerprint density at radius 2 is 2.13 bits per heavy atom. The van der Waals surface area contributed by atoms with Gasteiger partial charge in [-0.1, -0.05) is 0 Å². The van der Waals surface area contributed by atoms with Crippen LogP contribution in [-0.2, 0) is 9.47 Å². The van der Waals surface area contributed by atoms with Crippen LogP contribution in [0, 0.1) is 0 Å². The van der Waals surface area contributed by atoms with Crippen molar-refractivity contribution in [2.75, 3.05) is 20.3 Å². The van der Waals surface area contributed by atoms with Crippen LogP contribution in [0.25, 0.3) is 0 Å². The molecule has 82 valence electrons. The standard InChI is InChI=1S/C11H14O4/c1-13-11(12)10-3-2-9(15-10)8-4-6-14-7-5-8/h2-3,8H,4-7H2,1H3. The minimum atomic E-state index is -0.423. The van der Waals surface area contributed by atoms with Gasteiger partial charge in [-0.2, -0.15) is 0 Å². The Bertz CT molecular complexity index is 336. The summed E-state index contributed by atoms with van der Waals surface area (Å²) in [5, 5.41) is 0. The second kappa shape index (κ2) is 4.49. The van der Waals surface area contributed by atoms with Gasteiger partial charge < -0.3 is 13.9 Å². The van der Waals surface area contributed by atoms with Crippen LogP contribution in [0.3, 0.4) is 0 Å². The van der Waals surface area contributed by atoms with Crippen LogP contribution in [0.1, 0.15) is 35.1 Å². The summed E-state index contributed by atoms with van der Waals surface area (Å²) < 4.78 is 15.3. The van der Waals surface area contributed by atoms with Crippen molar-refractivity contribution in [1.29, 1.82) is 0 Å². The van der Waals surface area contributed by atoms with Crippen molar-refractivity contribution >= 4 is 5.97 Å². The van der Waals surface area contributed by atoms with Crippen molar-refractivity contribution in [3.63, 3.8) is 0 Å². The third kappa shape index (κ3) is 2.21. The smallest absolute Gasteiger partial charge is 0.373 e. The van der Waals surface area contributed by atoms with Crippen LogP contribution in [0.4, 0.5) is 0 Å². The number of esters is 1. The first kappa shape index (κ1) is 10.2. The molecule has 0 atom stereocenters. The Morgan fingerprint density at radius 3 is 2.80 bits per heavy atom. The zero-order valence-corrected chi connectivity index (χ0v) is 8.69. The van der Waals surface area contributed by atoms with Gasteiger partial charge in [-0.05, 0) is 25.0 Å². The predicted molar refractivity (Wildman–Crippen MR) is 52.8 cm³/mol. The van der Waals surface area contributed by atoms with E-state index in [-0.39, 0.29) is 5.76 Å². The average Bonchev–Trinajstić information content (AvgIpc) is 2.78. The molecule has 0 bridgehead atoms. The topological polar surface area (TPSA) is 48.7 Å². The third-order valence-electron chi connectivity index (χ3n) is 2.64. The maximum absolute atomic E-state index is 11.2. The summed E-state index contributed by atoms with van der Waals surface area (Å²) in [5.74, 6) is 1.09. The lowest BCUT2D eigenvalue weighted by molar-refractivity contribution is 0.0555. The highest BCUT2D eigenvalue weighted by atomic mass is 16.5. The molecule has 1 aromatic heterocycles. The summed E-state index contributed by atoms with van der Waals surface area (Å²) in [6.07, 6.45) is 1.91. The van der Waals surface area contributed by atoms with Gasteiger partial charge in [-0.15, -0.1) is 0 Å². The van der Waals surface area contributed by atoms with E-state index in [1.807, 2.05) is 6.07 Å². The largest absolute Gasteiger partial charge is 0.463 e. The number of carbonyl (C=O) groups excluding carboxylic acids is 1. The Balaban J connectivity index is 2.08. The van der Waals surface area contributed by atoms with Crippen LogP contribution < -0.4 is 0 Å². The second-order valence-corrected chi connectivity index (χ2v) is 3.58. The molecule has 2 heterocycles. The van der Waals surface area contributed by atoms with Crippen LogP contribution in [0.15, 0.2) is 16.5 Å². The molecule has 0 spiro atoms. The summed E-state index contributed by atoms with van der Waals surface area (Å²) in [5.41, 5.74) is 0. The van der Waals surface area contributed by atoms with Crippen molar-refractivity contribution in [2.45, 2.75) is 18.8 Å². The van der Waals surface area contributed by atoms with Crippen LogP contribution in [-0.4, -0.2) is 26.3 Å². The molecule has 4 heteroatoms. The van der Waals surface area contributed by atoms with Gasteiger partial charge in [0.25, 0.3) is 0 Å². The molecule has 0 saturated carbocycles. The van der Waals surface area contributed by atoms with E-state index >= 15 is 0 Å². The Kier molecular flexibility index (Phi) is 3.06. The van der Waals surface area contributed by atoms with E-state index < -0.39 is 5.97 Å². The lowest BCUT2D eigenvalue weighted by Gasteiger charge is -2.19. The van der Waals surface area contributed by atoms with Crippen molar-refractivity contribution in [1.82, 2.24) is 0 Å². The maximum atomic E-state index is 11.2. The molecule has 1 aromatic rings. The highest BCUT2D eigenvalue weighted by molar-refractivity contribution is 5.86. The predicted octanol–water partition coefficient (Wildman–Crippen LogP) is 1.96. The molecule has 0 aromatic carbocycles. The first-order valence-corrected chi connectivity index (χ1v) is 5.07. The van der Waals surface area contributed by atoms with E-state index in [0.717, 1.165) is 31.8 Å². The lowest BCUT2D eigenvalue weighted by Crippen LogP contribution is -2.13. The number of hydrogen-bond donors (Lipinski definition) is 0. The number of rotatable bonds is 2. The van der Waals surface area contributed by atoms with Gasteiger partial charge in [0.2, 0.25) is 5.76 Å². The summed E-state index contributed by atoms with van der Waals surface area (Å²) >= 11 is 0. The van der Waals surface area contributed by atoms with E-state index in [4.69, 9.17) is 9.15 Å². The summed E-state index contributed by atoms with van der Waals surface area (Å²) in [4.78, 5) is 11.2. The van der Waals surface area contributed by atoms with Gasteiger partial charge in [0.05, 0.1) is 7.11 Å². The van der Waals surface area contributed by atoms with E-state index in [1.54, 1.807) is 6.07 Å². The zero-order valence-electron chi connectivity index (χ0n) is 8.69. The number of carbonyl (C=O) groups is 1. The van der Waals surface area contributed by atoms with Crippen molar-refractivity contribution in [2.24, 2.45) is 0 Å². The SMILES string of the molecule is COC(=O)c1ccc(C2CCOCC2)o1. The molecular weight excluding hydrogens is 196 g/mol. The highest BCUT2D eigenvalue weighted by Gasteiger charge is 2.20. The first-order valence-electron chi connectivity index (χ1n) is 5.07. The molecule has 1 fully saturated rings. The fraction of sp³-hybridized carbons (Fsp3) is 0.545. The summed E-state index contributed by atoms with van der Waals surface area (Å²) in [6, 6.07) is 3.51. The molecule has 0 unspecified atom stereocenters. The molecule has 0 aliphatic carbocycles. The van der Waals surface area contributed by atoms with Gasteiger partial charge in [-0.3, -0.25) is 0 Å². The Labute approximate surface area is 88.2 Å². The fourth-order valence-corrected chi connectivity index (χ4v) is 1.76. The molecule has 15 heavy (non-hydrogen) atoms. The molecular formula is C11H14O4. The van der Waals surface area contributed by atoms with E-state index in [0.29, 0.717) is 5.92 Å². The molecule has 1 aliphatic heterocycles. The number of methoxy groups -OCH3 is 1. The van der Waals surface area contributed by atoms with Gasteiger partial charge in [0, 0.05) is 19.1 Å². The first-order chi connectivity index (χ1) is 7.31. The molecule has 0 amide bonds. The summed E-state index contributed by atoms with van der Waals surface area (Å²) in [7, 11) is 1.35. The van der Waals surface area contributed by atoms with Crippen molar-refractivity contribution in [3.05, 3.63) is 23.7 Å². The number of hydrogen-bond acceptors (Lipinski definition) is 4. The molecule has 0 N–H and O–H groups in total.